The van der Waals surface area contributed by atoms with Crippen LogP contribution in [0.3, 0.4) is 0 Å². The van der Waals surface area contributed by atoms with Crippen molar-refractivity contribution in [2.45, 2.75) is 30.6 Å². The maximum absolute atomic E-state index is 12.8. The zero-order valence-corrected chi connectivity index (χ0v) is 25.0. The lowest BCUT2D eigenvalue weighted by atomic mass is 9.83. The van der Waals surface area contributed by atoms with Crippen molar-refractivity contribution in [1.82, 2.24) is 0 Å². The molecule has 39 heavy (non-hydrogen) atoms. The summed E-state index contributed by atoms with van der Waals surface area (Å²) in [5.74, 6) is -1.09. The van der Waals surface area contributed by atoms with Crippen molar-refractivity contribution < 1.29 is 31.0 Å². The minimum atomic E-state index is -4.14. The predicted octanol–water partition coefficient (Wildman–Crippen LogP) is 4.43. The summed E-state index contributed by atoms with van der Waals surface area (Å²) in [5.41, 5.74) is 2.74. The summed E-state index contributed by atoms with van der Waals surface area (Å²) >= 11 is 1.98. The number of halogens is 1. The molecule has 2 aromatic carbocycles. The number of ketones is 1. The minimum Gasteiger partial charge on any atom is -0.344 e. The fourth-order valence-electron chi connectivity index (χ4n) is 4.81. The lowest BCUT2D eigenvalue weighted by Gasteiger charge is -2.27. The number of nitrogens with one attached hydrogen (secondary N) is 1. The average Bonchev–Trinajstić information content (AvgIpc) is 3.19. The summed E-state index contributed by atoms with van der Waals surface area (Å²) in [6.07, 6.45) is 6.36. The third kappa shape index (κ3) is 5.88. The highest BCUT2D eigenvalue weighted by Crippen LogP contribution is 2.48. The molecule has 2 heterocycles. The normalized spacial score (nSPS) is 19.6. The highest BCUT2D eigenvalue weighted by atomic mass is 127. The molecular formula is C27H27IN2O7S2. The van der Waals surface area contributed by atoms with Gasteiger partial charge in [0.2, 0.25) is 21.5 Å². The first-order chi connectivity index (χ1) is 18.3. The number of rotatable bonds is 8. The van der Waals surface area contributed by atoms with E-state index in [0.29, 0.717) is 16.7 Å². The Bertz CT molecular complexity index is 1660. The fourth-order valence-corrected chi connectivity index (χ4v) is 7.05. The first kappa shape index (κ1) is 29.2. The number of allylic oxidation sites excluding steroid dienone is 6. The van der Waals surface area contributed by atoms with E-state index in [2.05, 4.69) is 5.32 Å². The minimum absolute atomic E-state index is 0.00384. The molecule has 0 radical (unpaired) electrons. The van der Waals surface area contributed by atoms with Crippen LogP contribution in [0.25, 0.3) is 0 Å². The summed E-state index contributed by atoms with van der Waals surface area (Å²) in [6.45, 7) is 4.26. The number of anilines is 2. The van der Waals surface area contributed by atoms with Gasteiger partial charge in [-0.05, 0) is 54.5 Å². The molecule has 0 saturated heterocycles. The first-order valence-electron chi connectivity index (χ1n) is 12.0. The average molecular weight is 683 g/mol. The van der Waals surface area contributed by atoms with E-state index in [1.807, 2.05) is 53.5 Å². The first-order valence-corrected chi connectivity index (χ1v) is 16.6. The van der Waals surface area contributed by atoms with Crippen LogP contribution >= 0.6 is 22.6 Å². The molecule has 0 fully saturated rings. The van der Waals surface area contributed by atoms with Crippen LogP contribution in [0.15, 0.2) is 82.3 Å². The molecule has 1 amide bonds. The molecule has 2 aliphatic heterocycles. The quantitative estimate of drug-likeness (QED) is 0.181. The largest absolute Gasteiger partial charge is 0.344 e. The Balaban J connectivity index is 1.68. The van der Waals surface area contributed by atoms with Crippen LogP contribution < -0.4 is 10.2 Å². The third-order valence-corrected chi connectivity index (χ3v) is 9.96. The van der Waals surface area contributed by atoms with Crippen molar-refractivity contribution in [2.75, 3.05) is 26.9 Å². The topological polar surface area (TPSA) is 138 Å². The van der Waals surface area contributed by atoms with Crippen molar-refractivity contribution in [1.29, 1.82) is 0 Å². The fraction of sp³-hybridized carbons (Fsp3) is 0.259. The van der Waals surface area contributed by atoms with Gasteiger partial charge in [-0.2, -0.15) is 8.42 Å². The third-order valence-electron chi connectivity index (χ3n) is 6.63. The number of carbonyl (C=O) groups is 2. The maximum atomic E-state index is 12.8. The lowest BCUT2D eigenvalue weighted by Crippen LogP contribution is -2.28. The zero-order valence-electron chi connectivity index (χ0n) is 21.2. The number of hydrogen-bond acceptors (Lipinski definition) is 7. The van der Waals surface area contributed by atoms with E-state index < -0.39 is 36.9 Å². The molecule has 0 aromatic heterocycles. The van der Waals surface area contributed by atoms with Crippen molar-refractivity contribution in [3.63, 3.8) is 0 Å². The Morgan fingerprint density at radius 2 is 1.82 bits per heavy atom. The van der Waals surface area contributed by atoms with Crippen LogP contribution in [0.4, 0.5) is 11.4 Å². The second kappa shape index (κ2) is 11.0. The Morgan fingerprint density at radius 1 is 1.13 bits per heavy atom. The molecule has 2 N–H and O–H groups in total. The molecule has 2 aliphatic rings. The Hall–Kier alpha value is -2.81. The van der Waals surface area contributed by atoms with Crippen molar-refractivity contribution in [3.05, 3.63) is 88.5 Å². The summed E-state index contributed by atoms with van der Waals surface area (Å²) in [4.78, 5) is 26.3. The van der Waals surface area contributed by atoms with Gasteiger partial charge in [0.05, 0.1) is 15.1 Å². The van der Waals surface area contributed by atoms with E-state index in [0.717, 1.165) is 16.9 Å². The molecule has 0 aliphatic carbocycles. The van der Waals surface area contributed by atoms with E-state index >= 15 is 0 Å². The van der Waals surface area contributed by atoms with E-state index in [9.17, 15) is 31.0 Å². The van der Waals surface area contributed by atoms with Crippen molar-refractivity contribution in [3.8, 4) is 0 Å². The van der Waals surface area contributed by atoms with Crippen LogP contribution in [-0.4, -0.2) is 49.8 Å². The van der Waals surface area contributed by atoms with Crippen LogP contribution in [-0.2, 0) is 30.2 Å². The number of nitrogens with zero attached hydrogens (tertiary/aromatic N) is 1. The van der Waals surface area contributed by atoms with Crippen molar-refractivity contribution in [2.24, 2.45) is 0 Å². The van der Waals surface area contributed by atoms with Gasteiger partial charge in [-0.25, -0.2) is 8.42 Å². The Morgan fingerprint density at radius 3 is 2.49 bits per heavy atom. The number of fused-ring (bicyclic) bond motifs is 2. The van der Waals surface area contributed by atoms with Gasteiger partial charge in [0.15, 0.2) is 0 Å². The van der Waals surface area contributed by atoms with Gasteiger partial charge < -0.3 is 10.2 Å². The molecule has 12 heteroatoms. The number of sulfone groups is 1. The lowest BCUT2D eigenvalue weighted by molar-refractivity contribution is -0.113. The molecule has 2 aromatic rings. The highest BCUT2D eigenvalue weighted by Gasteiger charge is 2.40. The Labute approximate surface area is 241 Å². The second-order valence-corrected chi connectivity index (χ2v) is 13.8. The molecule has 4 rings (SSSR count). The van der Waals surface area contributed by atoms with Gasteiger partial charge in [-0.3, -0.25) is 14.1 Å². The van der Waals surface area contributed by atoms with Crippen LogP contribution in [0.2, 0.25) is 0 Å². The van der Waals surface area contributed by atoms with Gasteiger partial charge in [0.25, 0.3) is 10.1 Å². The summed E-state index contributed by atoms with van der Waals surface area (Å²) < 4.78 is 57.8. The van der Waals surface area contributed by atoms with E-state index in [4.69, 9.17) is 0 Å². The molecule has 9 nitrogen and oxygen atoms in total. The molecule has 0 atom stereocenters. The van der Waals surface area contributed by atoms with Crippen LogP contribution in [0, 0.1) is 0 Å². The number of amides is 1. The van der Waals surface area contributed by atoms with Gasteiger partial charge in [0.1, 0.15) is 4.91 Å². The Kier molecular flexibility index (Phi) is 8.22. The number of benzene rings is 2. The number of hydrogen-bond donors (Lipinski definition) is 2. The summed E-state index contributed by atoms with van der Waals surface area (Å²) in [6, 6.07) is 11.6. The zero-order chi connectivity index (χ0) is 28.6. The predicted molar refractivity (Wildman–Crippen MR) is 159 cm³/mol. The molecule has 0 bridgehead atoms. The van der Waals surface area contributed by atoms with Crippen LogP contribution in [0.1, 0.15) is 36.2 Å². The van der Waals surface area contributed by atoms with Crippen molar-refractivity contribution >= 4 is 65.6 Å². The second-order valence-electron chi connectivity index (χ2n) is 9.63. The molecule has 206 valence electrons. The van der Waals surface area contributed by atoms with Gasteiger partial charge in [-0.15, -0.1) is 0 Å². The standard InChI is InChI=1S/C27H27IN2O7S2/c1-27(2)20-16-18(29-25(31)17-28)12-13-21(20)30(14-7-15-38(33,34)35)24(27)11-6-5-10-23-26(32)19-8-3-4-9-22(19)39(23,36)37/h3-6,8-13,16H,7,14-15,17H2,1-2H3,(H,29,31)(H,33,34,35)/b6-5+,23-10-,24-11+. The van der Waals surface area contributed by atoms with E-state index in [1.54, 1.807) is 30.4 Å². The molecular weight excluding hydrogens is 655 g/mol. The van der Waals surface area contributed by atoms with Crippen LogP contribution in [0.5, 0.6) is 0 Å². The van der Waals surface area contributed by atoms with Gasteiger partial charge in [-0.1, -0.05) is 60.7 Å². The monoisotopic (exact) mass is 682 g/mol. The smallest absolute Gasteiger partial charge is 0.264 e. The summed E-state index contributed by atoms with van der Waals surface area (Å²) in [7, 11) is -8.04. The van der Waals surface area contributed by atoms with Gasteiger partial charge in [0, 0.05) is 34.6 Å². The molecule has 0 saturated carbocycles. The number of carbonyl (C=O) groups excluding carboxylic acids is 2. The highest BCUT2D eigenvalue weighted by molar-refractivity contribution is 14.1. The molecule has 0 spiro atoms. The van der Waals surface area contributed by atoms with Gasteiger partial charge >= 0.3 is 0 Å². The molecule has 0 unspecified atom stereocenters. The summed E-state index contributed by atoms with van der Waals surface area (Å²) in [5, 5.41) is 2.85. The van der Waals surface area contributed by atoms with E-state index in [1.165, 1.54) is 24.3 Å². The maximum Gasteiger partial charge on any atom is 0.264 e. The van der Waals surface area contributed by atoms with E-state index in [-0.39, 0.29) is 27.7 Å². The number of Topliss-reactive ketones (excluding diaryl/α,β-unsaturated/α-hetero) is 1. The SMILES string of the molecule is CC1(C)\C(=C/C=C/C=C2/C(=O)c3ccccc3S2(=O)=O)N(CCCS(=O)(=O)O)c2ccc(NC(=O)CI)cc21. The number of alkyl halides is 1.